The number of benzene rings is 5. The Morgan fingerprint density at radius 1 is 0.569 bits per heavy atom. The second kappa shape index (κ2) is 20.4. The molecule has 0 aliphatic carbocycles. The van der Waals surface area contributed by atoms with Crippen molar-refractivity contribution in [1.82, 2.24) is 34.9 Å². The molecule has 6 heterocycles. The molecule has 0 spiro atoms. The van der Waals surface area contributed by atoms with Gasteiger partial charge < -0.3 is 24.3 Å². The smallest absolute Gasteiger partial charge is 0.133 e. The summed E-state index contributed by atoms with van der Waals surface area (Å²) in [5.74, 6) is 1.90. The van der Waals surface area contributed by atoms with E-state index in [-0.39, 0.29) is 20.1 Å². The van der Waals surface area contributed by atoms with Crippen LogP contribution in [-0.4, -0.2) is 47.9 Å². The number of hydrogen-bond acceptors (Lipinski definition) is 9. The Morgan fingerprint density at radius 3 is 1.66 bits per heavy atom. The fourth-order valence-corrected chi connectivity index (χ4v) is 7.72. The number of nitrogens with zero attached hydrogens (tertiary/aromatic N) is 12. The average Bonchev–Trinajstić information content (AvgIpc) is 4.17. The summed E-state index contributed by atoms with van der Waals surface area (Å²) in [5.41, 5.74) is 8.81. The quantitative estimate of drug-likeness (QED) is 0.0639. The van der Waals surface area contributed by atoms with E-state index in [4.69, 9.17) is 5.21 Å². The van der Waals surface area contributed by atoms with Crippen LogP contribution in [0, 0.1) is 37.9 Å². The van der Waals surface area contributed by atoms with Crippen molar-refractivity contribution < 1.29 is 24.8 Å². The van der Waals surface area contributed by atoms with Crippen molar-refractivity contribution in [1.29, 1.82) is 0 Å². The number of hydrogen-bond donors (Lipinski definition) is 0. The first-order valence-electron chi connectivity index (χ1n) is 21.3. The predicted octanol–water partition coefficient (Wildman–Crippen LogP) is 8.82. The average molecular weight is 1030 g/mol. The van der Waals surface area contributed by atoms with Crippen LogP contribution < -0.4 is 24.3 Å². The van der Waals surface area contributed by atoms with Crippen molar-refractivity contribution in [2.24, 2.45) is 0 Å². The number of anilines is 6. The topological polar surface area (TPSA) is 91.2 Å². The van der Waals surface area contributed by atoms with Crippen molar-refractivity contribution in [2.45, 2.75) is 25.9 Å². The summed E-state index contributed by atoms with van der Waals surface area (Å²) >= 11 is 0. The number of fused-ring (bicyclic) bond motifs is 2. The Kier molecular flexibility index (Phi) is 13.4. The fraction of sp³-hybridized carbons (Fsp3) is 0.115. The molecule has 0 N–H and O–H groups in total. The van der Waals surface area contributed by atoms with Gasteiger partial charge in [-0.25, -0.2) is 25.5 Å². The number of rotatable bonds is 13. The van der Waals surface area contributed by atoms with Gasteiger partial charge in [-0.3, -0.25) is 5.10 Å². The van der Waals surface area contributed by atoms with E-state index < -0.39 is 0 Å². The van der Waals surface area contributed by atoms with Crippen LogP contribution in [0.1, 0.15) is 24.0 Å². The molecule has 13 heteroatoms. The second-order valence-corrected chi connectivity index (χ2v) is 15.2. The third kappa shape index (κ3) is 9.87. The first-order chi connectivity index (χ1) is 31.7. The Labute approximate surface area is 393 Å². The van der Waals surface area contributed by atoms with Crippen molar-refractivity contribution in [3.05, 3.63) is 225 Å². The van der Waals surface area contributed by atoms with Crippen LogP contribution in [0.15, 0.2) is 176 Å². The van der Waals surface area contributed by atoms with Gasteiger partial charge in [0.05, 0.1) is 5.21 Å². The van der Waals surface area contributed by atoms with Gasteiger partial charge in [0.2, 0.25) is 0 Å². The van der Waals surface area contributed by atoms with E-state index in [1.807, 2.05) is 132 Å². The zero-order chi connectivity index (χ0) is 42.9. The number of aromatic nitrogens is 8. The zero-order valence-electron chi connectivity index (χ0n) is 35.3. The van der Waals surface area contributed by atoms with Crippen LogP contribution >= 0.6 is 0 Å². The van der Waals surface area contributed by atoms with E-state index in [9.17, 15) is 0 Å². The first-order valence-corrected chi connectivity index (χ1v) is 21.3. The van der Waals surface area contributed by atoms with Gasteiger partial charge in [0, 0.05) is 50.4 Å². The van der Waals surface area contributed by atoms with E-state index in [0.29, 0.717) is 18.8 Å². The monoisotopic (exact) mass is 1030 g/mol. The Balaban J connectivity index is 0.000000163. The predicted molar refractivity (Wildman–Crippen MR) is 247 cm³/mol. The Hall–Kier alpha value is -7.47. The molecule has 0 saturated carbocycles. The standard InChI is InChI=1S/C28H24N6.C24H19N6.Ir/c1-3-11-23(12-4-1)33-21-31(25-15-9-17-29-27(25)33)19-7-8-20-32-22-34(24-13-5-2-6-14-24)28-26(32)16-10-18-30-28;1-4-10-20(11-5-1)16-28-18-23(25-26-28)24-19-29(17-21-12-6-2-7-13-21)27-30(24)22-14-8-3-9-15-22;/h1-6,9-11,13,15-18,21-22H,7-8,19-20H2;1-15H,16-17H2;/q-4;-1;. The minimum absolute atomic E-state index is 0. The zero-order valence-corrected chi connectivity index (χ0v) is 37.7. The molecule has 5 aromatic carbocycles. The molecule has 2 aliphatic rings. The molecule has 0 unspecified atom stereocenters. The minimum atomic E-state index is 0. The molecule has 4 aromatic heterocycles. The second-order valence-electron chi connectivity index (χ2n) is 15.2. The van der Waals surface area contributed by atoms with Crippen molar-refractivity contribution in [3.8, 4) is 17.1 Å². The van der Waals surface area contributed by atoms with E-state index in [1.54, 1.807) is 9.36 Å². The number of pyridine rings is 2. The van der Waals surface area contributed by atoms with Gasteiger partial charge in [-0.1, -0.05) is 90.8 Å². The normalized spacial score (nSPS) is 12.6. The SMILES string of the molecule is [Ir].[c-]1c(-c2[c-][n+](Cc3ccccc3)nn2-c2ccccc2)nnn1Cc1ccccc1.[c-]1ccccc1N1[CH-]N(CCCCN2[CH-]N(c3[c-]cccc3)c3ncccc32)c2cccnc21. The largest absolute Gasteiger partial charge is 0.500 e. The Bertz CT molecular complexity index is 2780. The summed E-state index contributed by atoms with van der Waals surface area (Å²) in [4.78, 5) is 18.1. The van der Waals surface area contributed by atoms with E-state index >= 15 is 0 Å². The van der Waals surface area contributed by atoms with E-state index in [2.05, 4.69) is 126 Å². The summed E-state index contributed by atoms with van der Waals surface area (Å²) < 4.78 is 5.33. The Morgan fingerprint density at radius 2 is 1.11 bits per heavy atom. The molecule has 9 aromatic rings. The minimum Gasteiger partial charge on any atom is -0.500 e. The van der Waals surface area contributed by atoms with Gasteiger partial charge in [0.15, 0.2) is 0 Å². The molecule has 2 aliphatic heterocycles. The van der Waals surface area contributed by atoms with E-state index in [0.717, 1.165) is 82.8 Å². The maximum atomic E-state index is 4.73. The number of unbranched alkanes of at least 4 members (excludes halogenated alkanes) is 1. The summed E-state index contributed by atoms with van der Waals surface area (Å²) in [6.07, 6.45) is 12.4. The molecule has 0 saturated heterocycles. The molecule has 0 bridgehead atoms. The van der Waals surface area contributed by atoms with Crippen LogP contribution in [0.25, 0.3) is 17.1 Å². The van der Waals surface area contributed by atoms with Gasteiger partial charge in [0.1, 0.15) is 23.9 Å². The van der Waals surface area contributed by atoms with Crippen LogP contribution in [0.5, 0.6) is 0 Å². The molecular weight excluding hydrogens is 985 g/mol. The maximum Gasteiger partial charge on any atom is 0.133 e. The van der Waals surface area contributed by atoms with Crippen molar-refractivity contribution in [2.75, 3.05) is 32.7 Å². The molecular formula is C52H43IrN12-5. The third-order valence-electron chi connectivity index (χ3n) is 10.8. The van der Waals surface area contributed by atoms with E-state index in [1.165, 1.54) is 0 Å². The van der Waals surface area contributed by atoms with Crippen molar-refractivity contribution >= 4 is 34.4 Å². The molecule has 1 radical (unpaired) electrons. The van der Waals surface area contributed by atoms with Crippen molar-refractivity contribution in [3.63, 3.8) is 0 Å². The summed E-state index contributed by atoms with van der Waals surface area (Å²) in [7, 11) is 0. The van der Waals surface area contributed by atoms with Crippen LogP contribution in [0.2, 0.25) is 0 Å². The molecule has 65 heavy (non-hydrogen) atoms. The summed E-state index contributed by atoms with van der Waals surface area (Å²) in [6, 6.07) is 61.2. The fourth-order valence-electron chi connectivity index (χ4n) is 7.72. The maximum absolute atomic E-state index is 4.73. The van der Waals surface area contributed by atoms with Gasteiger partial charge in [-0.05, 0) is 73.5 Å². The van der Waals surface area contributed by atoms with Crippen LogP contribution in [0.4, 0.5) is 34.4 Å². The van der Waals surface area contributed by atoms with Gasteiger partial charge in [-0.2, -0.15) is 79.7 Å². The molecule has 0 fully saturated rings. The van der Waals surface area contributed by atoms with Gasteiger partial charge in [-0.15, -0.1) is 16.6 Å². The molecule has 0 atom stereocenters. The molecule has 325 valence electrons. The van der Waals surface area contributed by atoms with Gasteiger partial charge in [0.25, 0.3) is 0 Å². The number of para-hydroxylation sites is 3. The van der Waals surface area contributed by atoms with Crippen LogP contribution in [-0.2, 0) is 33.2 Å². The first kappa shape index (κ1) is 42.8. The summed E-state index contributed by atoms with van der Waals surface area (Å²) in [6.45, 7) is 7.34. The molecule has 11 rings (SSSR count). The van der Waals surface area contributed by atoms with Gasteiger partial charge >= 0.3 is 0 Å². The molecule has 12 nitrogen and oxygen atoms in total. The van der Waals surface area contributed by atoms with Crippen LogP contribution in [0.3, 0.4) is 0 Å². The third-order valence-corrected chi connectivity index (χ3v) is 10.8. The molecule has 0 amide bonds. The summed E-state index contributed by atoms with van der Waals surface area (Å²) in [5, 5.41) is 13.3.